The molecule has 4 atom stereocenters. The average molecular weight is 1460 g/mol. The molecule has 0 amide bonds. The summed E-state index contributed by atoms with van der Waals surface area (Å²) in [6.07, 6.45) is 13.0. The van der Waals surface area contributed by atoms with Crippen molar-refractivity contribution in [2.45, 2.75) is 173 Å². The summed E-state index contributed by atoms with van der Waals surface area (Å²) >= 11 is 1.84. The van der Waals surface area contributed by atoms with Crippen molar-refractivity contribution in [3.8, 4) is 5.75 Å². The van der Waals surface area contributed by atoms with E-state index in [1.807, 2.05) is 153 Å². The molecule has 0 aromatic heterocycles. The Balaban J connectivity index is 0.000000105. The van der Waals surface area contributed by atoms with Gasteiger partial charge in [-0.1, -0.05) is 18.2 Å². The van der Waals surface area contributed by atoms with Crippen LogP contribution in [0.15, 0.2) is 146 Å². The van der Waals surface area contributed by atoms with Crippen LogP contribution in [0.3, 0.4) is 0 Å². The van der Waals surface area contributed by atoms with Crippen molar-refractivity contribution in [3.05, 3.63) is 216 Å². The van der Waals surface area contributed by atoms with Crippen LogP contribution < -0.4 is 29.7 Å². The van der Waals surface area contributed by atoms with Gasteiger partial charge in [-0.15, -0.1) is 11.8 Å². The average Bonchev–Trinajstić information content (AvgIpc) is 1.51. The Labute approximate surface area is 634 Å². The van der Waals surface area contributed by atoms with Gasteiger partial charge in [0.05, 0.1) is 29.4 Å². The lowest BCUT2D eigenvalue weighted by atomic mass is 9.86. The molecule has 18 nitrogen and oxygen atoms in total. The number of nitrogens with one attached hydrogen (secondary N) is 1. The Morgan fingerprint density at radius 3 is 1.06 bits per heavy atom. The topological polar surface area (TPSA) is 233 Å². The quantitative estimate of drug-likeness (QED) is 0.110. The van der Waals surface area contributed by atoms with E-state index in [-0.39, 0.29) is 23.1 Å². The zero-order chi connectivity index (χ0) is 75.0. The Hall–Kier alpha value is -9.89. The Kier molecular flexibility index (Phi) is 17.8. The number of carbonyl (C=O) groups is 4. The van der Waals surface area contributed by atoms with Crippen LogP contribution in [0.5, 0.6) is 5.75 Å². The van der Waals surface area contributed by atoms with Crippen LogP contribution in [0.4, 0.5) is 51.2 Å². The summed E-state index contributed by atoms with van der Waals surface area (Å²) in [5.41, 5.74) is 19.1. The zero-order valence-electron chi connectivity index (χ0n) is 62.7. The third-order valence-electron chi connectivity index (χ3n) is 24.6. The van der Waals surface area contributed by atoms with Gasteiger partial charge in [0.25, 0.3) is 0 Å². The van der Waals surface area contributed by atoms with Gasteiger partial charge in [-0.2, -0.15) is 0 Å². The monoisotopic (exact) mass is 1460 g/mol. The van der Waals surface area contributed by atoms with Crippen molar-refractivity contribution in [2.24, 2.45) is 20.0 Å². The van der Waals surface area contributed by atoms with E-state index in [0.717, 1.165) is 136 Å². The highest BCUT2D eigenvalue weighted by atomic mass is 32.2. The molecule has 108 heavy (non-hydrogen) atoms. The highest BCUT2D eigenvalue weighted by Crippen LogP contribution is 2.48. The van der Waals surface area contributed by atoms with E-state index in [1.165, 1.54) is 58.4 Å². The number of nitrogens with zero attached hydrogens (tertiary/aromatic N) is 8. The van der Waals surface area contributed by atoms with Gasteiger partial charge < -0.3 is 50.1 Å². The molecule has 20 rings (SSSR count). The highest BCUT2D eigenvalue weighted by molar-refractivity contribution is 7.99. The van der Waals surface area contributed by atoms with E-state index in [4.69, 9.17) is 24.7 Å². The van der Waals surface area contributed by atoms with Gasteiger partial charge >= 0.3 is 0 Å². The standard InChI is InChI=1S/2C23H24N2O2.C22H22N2O3.C21H21N3O2S/c2*1-14-11-19-20(12-15(14)2)24-22-23(27,21(19)26)9-10-25(22)18-8-7-16-5-3-4-6-17(16)13-18;1-13-10-17-18(11-14(13)2)23-21-22(26,20(17)25)7-8-24(21)16-6-5-15-4-3-9-27-19(15)12-16;1-12-9-15-16(10-13(12)2)23-20-21(26,19(15)25)5-7-24(20)14-3-4-18-17(11-14)22-6-8-27-18/h2*7-8,11-13,27H,3-6,9-10H2,1-2H3;5-6,10-12,26H,3-4,7-9H2,1-2H3;3-4,9-11,22,26H,5-8H2,1-2H3/t2*23-;22-;21-/m1111/s1. The maximum atomic E-state index is 13.1. The molecule has 2 aliphatic carbocycles. The van der Waals surface area contributed by atoms with Crippen molar-refractivity contribution >= 4 is 109 Å². The summed E-state index contributed by atoms with van der Waals surface area (Å²) in [4.78, 5) is 80.8. The van der Waals surface area contributed by atoms with E-state index in [9.17, 15) is 39.6 Å². The van der Waals surface area contributed by atoms with Crippen molar-refractivity contribution in [2.75, 3.05) is 70.0 Å². The highest BCUT2D eigenvalue weighted by Gasteiger charge is 2.56. The van der Waals surface area contributed by atoms with Crippen molar-refractivity contribution in [1.29, 1.82) is 0 Å². The molecule has 10 heterocycles. The maximum Gasteiger partial charge on any atom is 0.204 e. The first kappa shape index (κ1) is 71.1. The number of amidine groups is 4. The number of thioether (sulfide) groups is 1. The fourth-order valence-electron chi connectivity index (χ4n) is 17.6. The second-order valence-corrected chi connectivity index (χ2v) is 32.6. The van der Waals surface area contributed by atoms with E-state index in [2.05, 4.69) is 59.9 Å². The summed E-state index contributed by atoms with van der Waals surface area (Å²) in [5, 5.41) is 48.3. The van der Waals surface area contributed by atoms with Crippen LogP contribution in [0.1, 0.15) is 172 Å². The number of hydrogen-bond donors (Lipinski definition) is 5. The number of hydrogen-bond acceptors (Lipinski definition) is 19. The van der Waals surface area contributed by atoms with Crippen molar-refractivity contribution in [3.63, 3.8) is 0 Å². The number of ketones is 4. The minimum Gasteiger partial charge on any atom is -0.493 e. The number of aliphatic hydroxyl groups is 4. The molecule has 0 unspecified atom stereocenters. The lowest BCUT2D eigenvalue weighted by Gasteiger charge is -2.30. The second kappa shape index (κ2) is 27.0. The van der Waals surface area contributed by atoms with Gasteiger partial charge in [0, 0.05) is 126 Å². The number of carbonyl (C=O) groups excluding carboxylic acids is 4. The number of aryl methyl sites for hydroxylation is 13. The molecular weight excluding hydrogens is 1370 g/mol. The lowest BCUT2D eigenvalue weighted by Crippen LogP contribution is -2.48. The lowest BCUT2D eigenvalue weighted by molar-refractivity contribution is 0.0600. The van der Waals surface area contributed by atoms with E-state index in [0.29, 0.717) is 120 Å². The smallest absolute Gasteiger partial charge is 0.204 e. The third kappa shape index (κ3) is 11.9. The first-order chi connectivity index (χ1) is 51.9. The summed E-state index contributed by atoms with van der Waals surface area (Å²) < 4.78 is 5.80. The number of rotatable bonds is 4. The van der Waals surface area contributed by atoms with Crippen LogP contribution in [0.2, 0.25) is 0 Å². The molecule has 0 saturated carbocycles. The van der Waals surface area contributed by atoms with Crippen LogP contribution >= 0.6 is 11.8 Å². The van der Waals surface area contributed by atoms with E-state index < -0.39 is 22.4 Å². The predicted octanol–water partition coefficient (Wildman–Crippen LogP) is 15.3. The largest absolute Gasteiger partial charge is 0.493 e. The molecule has 5 N–H and O–H groups in total. The molecule has 552 valence electrons. The number of Topliss-reactive ketones (excluding diaryl/α,β-unsaturated/α-hetero) is 4. The zero-order valence-corrected chi connectivity index (χ0v) is 63.5. The molecule has 4 fully saturated rings. The Bertz CT molecular complexity index is 4700. The summed E-state index contributed by atoms with van der Waals surface area (Å²) in [5.74, 6) is 2.89. The predicted molar refractivity (Wildman–Crippen MR) is 429 cm³/mol. The minimum atomic E-state index is -1.55. The van der Waals surface area contributed by atoms with Gasteiger partial charge in [0.1, 0.15) is 29.1 Å². The van der Waals surface area contributed by atoms with Crippen LogP contribution in [0, 0.1) is 55.4 Å². The molecule has 0 radical (unpaired) electrons. The number of ether oxygens (including phenoxy) is 1. The van der Waals surface area contributed by atoms with Gasteiger partial charge in [-0.25, -0.2) is 20.0 Å². The van der Waals surface area contributed by atoms with Gasteiger partial charge in [0.2, 0.25) is 23.1 Å². The second-order valence-electron chi connectivity index (χ2n) is 31.4. The number of aliphatic imine (C=N–C) groups is 4. The third-order valence-corrected chi connectivity index (χ3v) is 25.6. The first-order valence-electron chi connectivity index (χ1n) is 38.4. The molecule has 8 aromatic rings. The molecule has 0 spiro atoms. The summed E-state index contributed by atoms with van der Waals surface area (Å²) in [7, 11) is 0. The fourth-order valence-corrected chi connectivity index (χ4v) is 18.4. The SMILES string of the molecule is Cc1cc2c(cc1C)C(=O)[C@]1(O)CCN(c3ccc4c(c3)CCCC4)C1=N2.Cc1cc2c(cc1C)C(=O)[C@]1(O)CCN(c3ccc4c(c3)CCCC4)C1=N2.Cc1cc2c(cc1C)C(=O)[C@]1(O)CCN(c3ccc4c(c3)NCCS4)C1=N2.Cc1cc2c(cc1C)C(=O)[C@]1(O)CCN(c3ccc4c(c3)OCCC4)C1=N2. The van der Waals surface area contributed by atoms with Crippen LogP contribution in [0.25, 0.3) is 0 Å². The Morgan fingerprint density at radius 1 is 0.370 bits per heavy atom. The van der Waals surface area contributed by atoms with Gasteiger partial charge in [-0.3, -0.25) is 19.2 Å². The summed E-state index contributed by atoms with van der Waals surface area (Å²) in [6.45, 7) is 20.0. The molecule has 4 saturated heterocycles. The minimum absolute atomic E-state index is 0.217. The Morgan fingerprint density at radius 2 is 0.685 bits per heavy atom. The molecule has 10 aliphatic heterocycles. The summed E-state index contributed by atoms with van der Waals surface area (Å²) in [6, 6.07) is 40.7. The molecule has 0 bridgehead atoms. The van der Waals surface area contributed by atoms with Gasteiger partial charge in [0.15, 0.2) is 22.4 Å². The van der Waals surface area contributed by atoms with Gasteiger partial charge in [-0.05, 0) is 289 Å². The first-order valence-corrected chi connectivity index (χ1v) is 39.4. The molecular formula is C89H91N9O9S. The number of fused-ring (bicyclic) bond motifs is 12. The van der Waals surface area contributed by atoms with Crippen LogP contribution in [-0.4, -0.2) is 134 Å². The number of benzene rings is 8. The maximum absolute atomic E-state index is 13.1. The fraction of sp³-hybridized carbons (Fsp3) is 0.371. The molecule has 8 aromatic carbocycles. The van der Waals surface area contributed by atoms with E-state index in [1.54, 1.807) is 0 Å². The van der Waals surface area contributed by atoms with Crippen LogP contribution in [-0.2, 0) is 32.1 Å². The molecule has 19 heteroatoms. The van der Waals surface area contributed by atoms with E-state index >= 15 is 0 Å². The molecule has 12 aliphatic rings. The normalized spacial score (nSPS) is 23.4. The number of anilines is 5. The van der Waals surface area contributed by atoms with Crippen molar-refractivity contribution in [1.82, 2.24) is 0 Å². The van der Waals surface area contributed by atoms with Crippen molar-refractivity contribution < 1.29 is 44.3 Å².